The quantitative estimate of drug-likeness (QED) is 0.134. The lowest BCUT2D eigenvalue weighted by molar-refractivity contribution is -0.166. The van der Waals surface area contributed by atoms with Gasteiger partial charge >= 0.3 is 11.9 Å². The average Bonchev–Trinajstić information content (AvgIpc) is 2.88. The number of benzene rings is 1. The predicted octanol–water partition coefficient (Wildman–Crippen LogP) is 7.53. The minimum atomic E-state index is -1.25. The van der Waals surface area contributed by atoms with Gasteiger partial charge in [-0.15, -0.1) is 0 Å². The maximum atomic E-state index is 12.4. The summed E-state index contributed by atoms with van der Waals surface area (Å²) in [6.07, 6.45) is 19.5. The summed E-state index contributed by atoms with van der Waals surface area (Å²) >= 11 is 0. The summed E-state index contributed by atoms with van der Waals surface area (Å²) < 4.78 is 10.6. The summed E-state index contributed by atoms with van der Waals surface area (Å²) in [5.74, 6) is -0.890. The van der Waals surface area contributed by atoms with Crippen molar-refractivity contribution in [3.63, 3.8) is 0 Å². The minimum absolute atomic E-state index is 0.127. The summed E-state index contributed by atoms with van der Waals surface area (Å²) in [6.45, 7) is 3.34. The van der Waals surface area contributed by atoms with E-state index in [1.165, 1.54) is 77.0 Å². The van der Waals surface area contributed by atoms with E-state index in [0.717, 1.165) is 24.8 Å². The highest BCUT2D eigenvalue weighted by Gasteiger charge is 2.36. The van der Waals surface area contributed by atoms with Crippen LogP contribution >= 0.6 is 0 Å². The van der Waals surface area contributed by atoms with E-state index in [1.54, 1.807) is 6.92 Å². The number of rotatable bonds is 22. The molecule has 0 aliphatic rings. The van der Waals surface area contributed by atoms with Crippen molar-refractivity contribution >= 4 is 11.9 Å². The van der Waals surface area contributed by atoms with E-state index in [0.29, 0.717) is 6.42 Å². The number of hydrogen-bond acceptors (Lipinski definition) is 5. The van der Waals surface area contributed by atoms with Crippen molar-refractivity contribution in [2.45, 2.75) is 123 Å². The molecule has 0 saturated heterocycles. The Morgan fingerprint density at radius 3 is 1.71 bits per heavy atom. The number of carbonyl (C=O) groups excluding carboxylic acids is 2. The van der Waals surface area contributed by atoms with Gasteiger partial charge in [0.1, 0.15) is 18.6 Å². The summed E-state index contributed by atoms with van der Waals surface area (Å²) in [6, 6.07) is 9.35. The fourth-order valence-electron chi connectivity index (χ4n) is 4.02. The Bertz CT molecular complexity index is 660. The molecule has 0 aliphatic carbocycles. The Hall–Kier alpha value is -1.88. The van der Waals surface area contributed by atoms with Crippen LogP contribution in [0, 0.1) is 5.41 Å². The molecule has 0 radical (unpaired) electrons. The number of ether oxygens (including phenoxy) is 2. The Morgan fingerprint density at radius 1 is 0.743 bits per heavy atom. The summed E-state index contributed by atoms with van der Waals surface area (Å²) in [5, 5.41) is 9.69. The standard InChI is InChI=1S/C30H50O5/c1-3-4-5-6-7-8-9-10-11-12-13-14-15-16-20-23-28(32)35-26-30(2,25-31)29(33)34-24-27-21-18-17-19-22-27/h17-19,21-22,31H,3-16,20,23-26H2,1-2H3. The fraction of sp³-hybridized carbons (Fsp3) is 0.733. The molecule has 0 heterocycles. The van der Waals surface area contributed by atoms with Gasteiger partial charge in [0.25, 0.3) is 0 Å². The minimum Gasteiger partial charge on any atom is -0.464 e. The molecule has 0 fully saturated rings. The van der Waals surface area contributed by atoms with Crippen molar-refractivity contribution in [2.24, 2.45) is 5.41 Å². The summed E-state index contributed by atoms with van der Waals surface area (Å²) in [7, 11) is 0. The molecule has 5 nitrogen and oxygen atoms in total. The molecule has 200 valence electrons. The highest BCUT2D eigenvalue weighted by atomic mass is 16.6. The van der Waals surface area contributed by atoms with Crippen molar-refractivity contribution in [2.75, 3.05) is 13.2 Å². The van der Waals surface area contributed by atoms with Crippen LogP contribution in [-0.2, 0) is 25.7 Å². The third-order valence-corrected chi connectivity index (χ3v) is 6.59. The van der Waals surface area contributed by atoms with Gasteiger partial charge < -0.3 is 14.6 Å². The van der Waals surface area contributed by atoms with Crippen LogP contribution in [0.4, 0.5) is 0 Å². The Kier molecular flexibility index (Phi) is 18.1. The molecule has 0 spiro atoms. The van der Waals surface area contributed by atoms with Crippen LogP contribution in [-0.4, -0.2) is 30.3 Å². The second-order valence-electron chi connectivity index (χ2n) is 10.1. The predicted molar refractivity (Wildman–Crippen MR) is 142 cm³/mol. The van der Waals surface area contributed by atoms with Crippen LogP contribution in [0.1, 0.15) is 122 Å². The average molecular weight is 491 g/mol. The molecule has 5 heteroatoms. The van der Waals surface area contributed by atoms with Crippen molar-refractivity contribution in [1.82, 2.24) is 0 Å². The molecule has 1 aromatic rings. The molecule has 0 amide bonds. The van der Waals surface area contributed by atoms with Crippen molar-refractivity contribution in [1.29, 1.82) is 0 Å². The smallest absolute Gasteiger partial charge is 0.317 e. The van der Waals surface area contributed by atoms with Crippen LogP contribution in [0.25, 0.3) is 0 Å². The van der Waals surface area contributed by atoms with Crippen molar-refractivity contribution in [3.8, 4) is 0 Å². The lowest BCUT2D eigenvalue weighted by Crippen LogP contribution is -2.38. The van der Waals surface area contributed by atoms with Gasteiger partial charge in [-0.1, -0.05) is 127 Å². The summed E-state index contributed by atoms with van der Waals surface area (Å²) in [5.41, 5.74) is -0.384. The molecule has 1 aromatic carbocycles. The van der Waals surface area contributed by atoms with Gasteiger partial charge in [0.15, 0.2) is 0 Å². The molecular weight excluding hydrogens is 440 g/mol. The van der Waals surface area contributed by atoms with E-state index in [-0.39, 0.29) is 19.2 Å². The second-order valence-corrected chi connectivity index (χ2v) is 10.1. The summed E-state index contributed by atoms with van der Waals surface area (Å²) in [4.78, 5) is 24.5. The Labute approximate surface area is 214 Å². The zero-order chi connectivity index (χ0) is 25.6. The molecule has 35 heavy (non-hydrogen) atoms. The van der Waals surface area contributed by atoms with Gasteiger partial charge in [-0.3, -0.25) is 9.59 Å². The van der Waals surface area contributed by atoms with E-state index in [2.05, 4.69) is 6.92 Å². The van der Waals surface area contributed by atoms with E-state index in [1.807, 2.05) is 30.3 Å². The largest absolute Gasteiger partial charge is 0.464 e. The molecule has 1 unspecified atom stereocenters. The number of aliphatic hydroxyl groups is 1. The topological polar surface area (TPSA) is 72.8 Å². The van der Waals surface area contributed by atoms with Gasteiger partial charge in [0.05, 0.1) is 6.61 Å². The third kappa shape index (κ3) is 15.7. The van der Waals surface area contributed by atoms with E-state index in [4.69, 9.17) is 9.47 Å². The number of aliphatic hydroxyl groups excluding tert-OH is 1. The number of unbranched alkanes of at least 4 members (excludes halogenated alkanes) is 14. The lowest BCUT2D eigenvalue weighted by atomic mass is 9.93. The molecule has 1 atom stereocenters. The maximum absolute atomic E-state index is 12.4. The van der Waals surface area contributed by atoms with Crippen molar-refractivity contribution < 1.29 is 24.2 Å². The molecule has 0 saturated carbocycles. The normalized spacial score (nSPS) is 12.8. The van der Waals surface area contributed by atoms with Crippen LogP contribution in [0.3, 0.4) is 0 Å². The third-order valence-electron chi connectivity index (χ3n) is 6.59. The monoisotopic (exact) mass is 490 g/mol. The first-order valence-corrected chi connectivity index (χ1v) is 14.0. The van der Waals surface area contributed by atoms with Crippen LogP contribution < -0.4 is 0 Å². The van der Waals surface area contributed by atoms with E-state index < -0.39 is 18.0 Å². The lowest BCUT2D eigenvalue weighted by Gasteiger charge is -2.24. The van der Waals surface area contributed by atoms with Crippen LogP contribution in [0.15, 0.2) is 30.3 Å². The number of esters is 2. The fourth-order valence-corrected chi connectivity index (χ4v) is 4.02. The van der Waals surface area contributed by atoms with Gasteiger partial charge in [-0.25, -0.2) is 0 Å². The van der Waals surface area contributed by atoms with E-state index in [9.17, 15) is 14.7 Å². The zero-order valence-electron chi connectivity index (χ0n) is 22.4. The highest BCUT2D eigenvalue weighted by molar-refractivity contribution is 5.77. The molecule has 0 aliphatic heterocycles. The Morgan fingerprint density at radius 2 is 1.23 bits per heavy atom. The van der Waals surface area contributed by atoms with Gasteiger partial charge in [-0.2, -0.15) is 0 Å². The molecule has 1 rings (SSSR count). The van der Waals surface area contributed by atoms with Crippen LogP contribution in [0.5, 0.6) is 0 Å². The Balaban J connectivity index is 2.01. The van der Waals surface area contributed by atoms with Crippen LogP contribution in [0.2, 0.25) is 0 Å². The van der Waals surface area contributed by atoms with Gasteiger partial charge in [0, 0.05) is 6.42 Å². The van der Waals surface area contributed by atoms with Gasteiger partial charge in [-0.05, 0) is 18.9 Å². The zero-order valence-corrected chi connectivity index (χ0v) is 22.4. The first-order valence-electron chi connectivity index (χ1n) is 14.0. The number of hydrogen-bond donors (Lipinski definition) is 1. The molecule has 0 bridgehead atoms. The molecular formula is C30H50O5. The van der Waals surface area contributed by atoms with E-state index >= 15 is 0 Å². The molecule has 1 N–H and O–H groups in total. The number of carbonyl (C=O) groups is 2. The van der Waals surface area contributed by atoms with Crippen molar-refractivity contribution in [3.05, 3.63) is 35.9 Å². The molecule has 0 aromatic heterocycles. The SMILES string of the molecule is CCCCCCCCCCCCCCCCCC(=O)OCC(C)(CO)C(=O)OCc1ccccc1. The first kappa shape index (κ1) is 31.2. The van der Waals surface area contributed by atoms with Gasteiger partial charge in [0.2, 0.25) is 0 Å². The maximum Gasteiger partial charge on any atom is 0.317 e. The first-order chi connectivity index (χ1) is 17.0. The highest BCUT2D eigenvalue weighted by Crippen LogP contribution is 2.20. The second kappa shape index (κ2) is 20.3.